The Morgan fingerprint density at radius 2 is 1.78 bits per heavy atom. The van der Waals surface area contributed by atoms with Crippen LogP contribution in [0.2, 0.25) is 5.15 Å². The van der Waals surface area contributed by atoms with Crippen LogP contribution in [-0.2, 0) is 0 Å². The molecule has 0 aliphatic carbocycles. The van der Waals surface area contributed by atoms with Crippen LogP contribution in [-0.4, -0.2) is 10.2 Å². The van der Waals surface area contributed by atoms with Gasteiger partial charge in [-0.15, -0.1) is 10.2 Å². The number of hydrogen-bond donors (Lipinski definition) is 1. The number of benzene rings is 1. The van der Waals surface area contributed by atoms with Crippen LogP contribution in [0, 0.1) is 26.6 Å². The van der Waals surface area contributed by atoms with Crippen molar-refractivity contribution in [2.45, 2.75) is 20.8 Å². The fourth-order valence-corrected chi connectivity index (χ4v) is 1.74. The van der Waals surface area contributed by atoms with Crippen molar-refractivity contribution in [2.75, 3.05) is 5.32 Å². The Hall–Kier alpha value is -1.68. The summed E-state index contributed by atoms with van der Waals surface area (Å²) in [7, 11) is 0. The monoisotopic (exact) mass is 265 g/mol. The maximum atomic E-state index is 13.4. The van der Waals surface area contributed by atoms with Crippen LogP contribution in [0.25, 0.3) is 0 Å². The first-order valence-corrected chi connectivity index (χ1v) is 5.90. The molecular formula is C13H13ClFN3. The Kier molecular flexibility index (Phi) is 3.48. The molecule has 0 bridgehead atoms. The maximum Gasteiger partial charge on any atom is 0.156 e. The molecule has 94 valence electrons. The lowest BCUT2D eigenvalue weighted by atomic mass is 10.1. The van der Waals surface area contributed by atoms with Gasteiger partial charge in [0.2, 0.25) is 0 Å². The van der Waals surface area contributed by atoms with Crippen molar-refractivity contribution in [3.63, 3.8) is 0 Å². The average Bonchev–Trinajstić information content (AvgIpc) is 2.35. The highest BCUT2D eigenvalue weighted by Crippen LogP contribution is 2.26. The lowest BCUT2D eigenvalue weighted by molar-refractivity contribution is 0.619. The number of nitrogens with zero attached hydrogens (tertiary/aromatic N) is 2. The van der Waals surface area contributed by atoms with Gasteiger partial charge in [0.1, 0.15) is 5.82 Å². The zero-order chi connectivity index (χ0) is 13.3. The molecule has 1 heterocycles. The Balaban J connectivity index is 2.41. The molecule has 0 saturated heterocycles. The summed E-state index contributed by atoms with van der Waals surface area (Å²) in [5.74, 6) is 0.335. The summed E-state index contributed by atoms with van der Waals surface area (Å²) < 4.78 is 13.4. The van der Waals surface area contributed by atoms with Gasteiger partial charge >= 0.3 is 0 Å². The second-order valence-electron chi connectivity index (χ2n) is 4.13. The van der Waals surface area contributed by atoms with Crippen LogP contribution < -0.4 is 5.32 Å². The van der Waals surface area contributed by atoms with Crippen molar-refractivity contribution in [3.05, 3.63) is 45.9 Å². The number of aromatic nitrogens is 2. The number of hydrogen-bond acceptors (Lipinski definition) is 3. The average molecular weight is 266 g/mol. The molecule has 18 heavy (non-hydrogen) atoms. The maximum absolute atomic E-state index is 13.4. The second-order valence-corrected chi connectivity index (χ2v) is 4.48. The summed E-state index contributed by atoms with van der Waals surface area (Å²) in [5, 5.41) is 11.3. The predicted octanol–water partition coefficient (Wildman–Crippen LogP) is 3.94. The van der Waals surface area contributed by atoms with Gasteiger partial charge < -0.3 is 5.32 Å². The number of rotatable bonds is 2. The van der Waals surface area contributed by atoms with Crippen molar-refractivity contribution >= 4 is 23.1 Å². The van der Waals surface area contributed by atoms with Crippen LogP contribution in [0.1, 0.15) is 16.7 Å². The van der Waals surface area contributed by atoms with Gasteiger partial charge in [0.05, 0.1) is 0 Å². The van der Waals surface area contributed by atoms with E-state index in [9.17, 15) is 4.39 Å². The van der Waals surface area contributed by atoms with E-state index < -0.39 is 0 Å². The van der Waals surface area contributed by atoms with Gasteiger partial charge in [0.15, 0.2) is 11.0 Å². The zero-order valence-corrected chi connectivity index (χ0v) is 11.1. The standard InChI is InChI=1S/C13H13ClFN3/c1-7-8(2)13(18-17-12(7)14)16-11-6-4-5-10(15)9(11)3/h4-6H,1-3H3,(H,16,18). The highest BCUT2D eigenvalue weighted by molar-refractivity contribution is 6.30. The number of halogens is 2. The van der Waals surface area contributed by atoms with E-state index in [2.05, 4.69) is 15.5 Å². The first-order chi connectivity index (χ1) is 8.50. The van der Waals surface area contributed by atoms with Crippen LogP contribution >= 0.6 is 11.6 Å². The first-order valence-electron chi connectivity index (χ1n) is 5.52. The summed E-state index contributed by atoms with van der Waals surface area (Å²) in [6, 6.07) is 4.87. The van der Waals surface area contributed by atoms with Gasteiger partial charge in [-0.1, -0.05) is 17.7 Å². The fraction of sp³-hybridized carbons (Fsp3) is 0.231. The lowest BCUT2D eigenvalue weighted by Crippen LogP contribution is -2.03. The van der Waals surface area contributed by atoms with Gasteiger partial charge in [0, 0.05) is 11.3 Å². The highest BCUT2D eigenvalue weighted by Gasteiger charge is 2.10. The Labute approximate surface area is 110 Å². The molecule has 0 atom stereocenters. The molecule has 5 heteroatoms. The normalized spacial score (nSPS) is 10.5. The minimum Gasteiger partial charge on any atom is -0.338 e. The topological polar surface area (TPSA) is 37.8 Å². The van der Waals surface area contributed by atoms with Crippen molar-refractivity contribution in [1.82, 2.24) is 10.2 Å². The van der Waals surface area contributed by atoms with Crippen LogP contribution in [0.5, 0.6) is 0 Å². The van der Waals surface area contributed by atoms with E-state index in [0.29, 0.717) is 22.2 Å². The smallest absolute Gasteiger partial charge is 0.156 e. The molecule has 1 aromatic carbocycles. The first kappa shape index (κ1) is 12.8. The molecule has 3 nitrogen and oxygen atoms in total. The minimum atomic E-state index is -0.253. The van der Waals surface area contributed by atoms with Crippen LogP contribution in [0.15, 0.2) is 18.2 Å². The molecule has 0 saturated carbocycles. The highest BCUT2D eigenvalue weighted by atomic mass is 35.5. The molecule has 0 unspecified atom stereocenters. The Morgan fingerprint density at radius 3 is 2.50 bits per heavy atom. The van der Waals surface area contributed by atoms with E-state index in [1.165, 1.54) is 6.07 Å². The summed E-state index contributed by atoms with van der Waals surface area (Å²) in [5.41, 5.74) is 2.99. The second kappa shape index (κ2) is 4.90. The van der Waals surface area contributed by atoms with E-state index in [-0.39, 0.29) is 5.82 Å². The van der Waals surface area contributed by atoms with Gasteiger partial charge in [-0.2, -0.15) is 0 Å². The largest absolute Gasteiger partial charge is 0.338 e. The minimum absolute atomic E-state index is 0.253. The van der Waals surface area contributed by atoms with E-state index >= 15 is 0 Å². The quantitative estimate of drug-likeness (QED) is 0.894. The summed E-state index contributed by atoms with van der Waals surface area (Å²) >= 11 is 5.88. The molecule has 1 N–H and O–H groups in total. The van der Waals surface area contributed by atoms with Gasteiger partial charge in [-0.25, -0.2) is 4.39 Å². The predicted molar refractivity (Wildman–Crippen MR) is 70.9 cm³/mol. The van der Waals surface area contributed by atoms with Gasteiger partial charge in [0.25, 0.3) is 0 Å². The third-order valence-corrected chi connectivity index (χ3v) is 3.34. The van der Waals surface area contributed by atoms with Gasteiger partial charge in [-0.05, 0) is 44.0 Å². The third kappa shape index (κ3) is 2.29. The van der Waals surface area contributed by atoms with E-state index in [0.717, 1.165) is 11.1 Å². The molecule has 0 aliphatic heterocycles. The molecular weight excluding hydrogens is 253 g/mol. The van der Waals surface area contributed by atoms with Gasteiger partial charge in [-0.3, -0.25) is 0 Å². The molecule has 2 rings (SSSR count). The van der Waals surface area contributed by atoms with E-state index in [1.54, 1.807) is 19.1 Å². The van der Waals surface area contributed by atoms with Crippen molar-refractivity contribution in [2.24, 2.45) is 0 Å². The summed E-state index contributed by atoms with van der Waals surface area (Å²) in [6.07, 6.45) is 0. The van der Waals surface area contributed by atoms with Crippen LogP contribution in [0.3, 0.4) is 0 Å². The third-order valence-electron chi connectivity index (χ3n) is 2.99. The summed E-state index contributed by atoms with van der Waals surface area (Å²) in [6.45, 7) is 5.48. The van der Waals surface area contributed by atoms with Crippen molar-refractivity contribution in [1.29, 1.82) is 0 Å². The number of nitrogens with one attached hydrogen (secondary N) is 1. The Morgan fingerprint density at radius 1 is 1.06 bits per heavy atom. The molecule has 0 aliphatic rings. The SMILES string of the molecule is Cc1c(F)cccc1Nc1nnc(Cl)c(C)c1C. The van der Waals surface area contributed by atoms with Crippen molar-refractivity contribution < 1.29 is 4.39 Å². The molecule has 0 radical (unpaired) electrons. The number of anilines is 2. The lowest BCUT2D eigenvalue weighted by Gasteiger charge is -2.12. The Bertz CT molecular complexity index is 599. The fourth-order valence-electron chi connectivity index (χ4n) is 1.57. The molecule has 0 spiro atoms. The summed E-state index contributed by atoms with van der Waals surface area (Å²) in [4.78, 5) is 0. The molecule has 0 fully saturated rings. The zero-order valence-electron chi connectivity index (χ0n) is 10.4. The molecule has 2 aromatic rings. The van der Waals surface area contributed by atoms with E-state index in [4.69, 9.17) is 11.6 Å². The van der Waals surface area contributed by atoms with Crippen LogP contribution in [0.4, 0.5) is 15.9 Å². The van der Waals surface area contributed by atoms with Crippen molar-refractivity contribution in [3.8, 4) is 0 Å². The van der Waals surface area contributed by atoms with E-state index in [1.807, 2.05) is 13.8 Å². The molecule has 1 aromatic heterocycles. The molecule has 0 amide bonds.